The minimum atomic E-state index is -0.556. The number of carbonyl (C=O) groups is 1. The van der Waals surface area contributed by atoms with Crippen LogP contribution in [0.25, 0.3) is 17.5 Å². The fourth-order valence-electron chi connectivity index (χ4n) is 2.19. The van der Waals surface area contributed by atoms with Crippen LogP contribution in [0, 0.1) is 10.1 Å². The molecule has 1 aromatic heterocycles. The smallest absolute Gasteiger partial charge is 0.330 e. The lowest BCUT2D eigenvalue weighted by Crippen LogP contribution is -1.94. The van der Waals surface area contributed by atoms with Crippen molar-refractivity contribution in [3.05, 3.63) is 69.2 Å². The Morgan fingerprint density at radius 3 is 2.79 bits per heavy atom. The van der Waals surface area contributed by atoms with Crippen molar-refractivity contribution >= 4 is 41.1 Å². The number of nitrogens with zero attached hydrogens (tertiary/aromatic N) is 3. The van der Waals surface area contributed by atoms with Crippen LogP contribution in [0.2, 0.25) is 5.02 Å². The summed E-state index contributed by atoms with van der Waals surface area (Å²) in [6, 6.07) is 11.5. The van der Waals surface area contributed by atoms with Crippen molar-refractivity contribution in [2.75, 3.05) is 7.11 Å². The average Bonchev–Trinajstić information content (AvgIpc) is 3.15. The topological polar surface area (TPSA) is 108 Å². The molecule has 0 aliphatic heterocycles. The summed E-state index contributed by atoms with van der Waals surface area (Å²) < 4.78 is 10.1. The molecule has 0 saturated carbocycles. The van der Waals surface area contributed by atoms with Crippen molar-refractivity contribution in [3.63, 3.8) is 0 Å². The van der Waals surface area contributed by atoms with Gasteiger partial charge in [0.2, 0.25) is 5.89 Å². The largest absolute Gasteiger partial charge is 0.466 e. The first-order valence-corrected chi connectivity index (χ1v) is 8.98. The van der Waals surface area contributed by atoms with Gasteiger partial charge in [0, 0.05) is 12.1 Å². The highest BCUT2D eigenvalue weighted by molar-refractivity contribution is 7.99. The highest BCUT2D eigenvalue weighted by Gasteiger charge is 2.19. The molecule has 0 N–H and O–H groups in total. The van der Waals surface area contributed by atoms with Crippen molar-refractivity contribution in [1.82, 2.24) is 10.2 Å². The van der Waals surface area contributed by atoms with Gasteiger partial charge in [0.1, 0.15) is 0 Å². The highest BCUT2D eigenvalue weighted by atomic mass is 35.5. The number of halogens is 1. The van der Waals surface area contributed by atoms with Crippen LogP contribution >= 0.6 is 23.4 Å². The van der Waals surface area contributed by atoms with Gasteiger partial charge in [0.15, 0.2) is 0 Å². The summed E-state index contributed by atoms with van der Waals surface area (Å²) in [6.07, 6.45) is 2.61. The molecular weight excluding hydrogens is 406 g/mol. The second-order valence-electron chi connectivity index (χ2n) is 5.30. The van der Waals surface area contributed by atoms with Crippen LogP contribution in [0.15, 0.2) is 63.1 Å². The molecule has 0 amide bonds. The Morgan fingerprint density at radius 1 is 1.29 bits per heavy atom. The number of rotatable bonds is 6. The third-order valence-electron chi connectivity index (χ3n) is 3.50. The summed E-state index contributed by atoms with van der Waals surface area (Å²) in [5.41, 5.74) is 0.888. The number of ether oxygens (including phenoxy) is 1. The van der Waals surface area contributed by atoms with E-state index in [0.717, 1.165) is 11.8 Å². The second kappa shape index (κ2) is 8.68. The molecule has 142 valence electrons. The van der Waals surface area contributed by atoms with Gasteiger partial charge in [-0.15, -0.1) is 10.2 Å². The first-order valence-electron chi connectivity index (χ1n) is 7.78. The lowest BCUT2D eigenvalue weighted by molar-refractivity contribution is -0.387. The zero-order chi connectivity index (χ0) is 20.1. The summed E-state index contributed by atoms with van der Waals surface area (Å²) in [6.45, 7) is 0. The Morgan fingerprint density at radius 2 is 2.07 bits per heavy atom. The molecule has 0 bridgehead atoms. The van der Waals surface area contributed by atoms with Gasteiger partial charge in [0.05, 0.1) is 27.5 Å². The van der Waals surface area contributed by atoms with Crippen molar-refractivity contribution < 1.29 is 18.9 Å². The fraction of sp³-hybridized carbons (Fsp3) is 0.0556. The maximum Gasteiger partial charge on any atom is 0.330 e. The molecule has 3 rings (SSSR count). The molecule has 0 fully saturated rings. The number of hydrogen-bond acceptors (Lipinski definition) is 8. The van der Waals surface area contributed by atoms with E-state index >= 15 is 0 Å². The molecule has 10 heteroatoms. The lowest BCUT2D eigenvalue weighted by Gasteiger charge is -2.01. The van der Waals surface area contributed by atoms with E-state index in [-0.39, 0.29) is 16.8 Å². The standard InChI is InChI=1S/C18H12ClN3O5S/c1-26-16(23)9-7-11-6-8-15(14(10-11)22(24)25)28-18-21-20-17(27-18)12-4-2-3-5-13(12)19/h2-10H,1H3/b9-7+. The Bertz CT molecular complexity index is 1070. The summed E-state index contributed by atoms with van der Waals surface area (Å²) in [4.78, 5) is 22.4. The van der Waals surface area contributed by atoms with Crippen LogP contribution in [-0.4, -0.2) is 28.2 Å². The average molecular weight is 418 g/mol. The van der Waals surface area contributed by atoms with E-state index in [9.17, 15) is 14.9 Å². The summed E-state index contributed by atoms with van der Waals surface area (Å²) >= 11 is 7.07. The van der Waals surface area contributed by atoms with Gasteiger partial charge in [0.25, 0.3) is 10.9 Å². The SMILES string of the molecule is COC(=O)/C=C/c1ccc(Sc2nnc(-c3ccccc3Cl)o2)c([N+](=O)[O-])c1. The van der Waals surface area contributed by atoms with Crippen LogP contribution in [0.3, 0.4) is 0 Å². The Labute approximate surface area is 168 Å². The van der Waals surface area contributed by atoms with E-state index in [1.165, 1.54) is 25.3 Å². The van der Waals surface area contributed by atoms with E-state index in [0.29, 0.717) is 21.0 Å². The quantitative estimate of drug-likeness (QED) is 0.247. The molecule has 8 nitrogen and oxygen atoms in total. The minimum Gasteiger partial charge on any atom is -0.466 e. The first kappa shape index (κ1) is 19.6. The third kappa shape index (κ3) is 4.56. The predicted octanol–water partition coefficient (Wildman–Crippen LogP) is 4.64. The second-order valence-corrected chi connectivity index (χ2v) is 6.70. The Kier molecular flexibility index (Phi) is 6.07. The molecule has 1 heterocycles. The minimum absolute atomic E-state index is 0.135. The zero-order valence-electron chi connectivity index (χ0n) is 14.4. The van der Waals surface area contributed by atoms with Gasteiger partial charge < -0.3 is 9.15 Å². The molecule has 0 aliphatic carbocycles. The molecule has 3 aromatic rings. The van der Waals surface area contributed by atoms with Crippen molar-refractivity contribution in [2.24, 2.45) is 0 Å². The van der Waals surface area contributed by atoms with Crippen LogP contribution in [0.4, 0.5) is 5.69 Å². The normalized spacial score (nSPS) is 10.9. The van der Waals surface area contributed by atoms with E-state index < -0.39 is 10.9 Å². The summed E-state index contributed by atoms with van der Waals surface area (Å²) in [5, 5.41) is 19.9. The maximum atomic E-state index is 11.4. The lowest BCUT2D eigenvalue weighted by atomic mass is 10.2. The molecule has 0 atom stereocenters. The molecule has 0 radical (unpaired) electrons. The third-order valence-corrected chi connectivity index (χ3v) is 4.74. The van der Waals surface area contributed by atoms with E-state index in [2.05, 4.69) is 14.9 Å². The molecule has 2 aromatic carbocycles. The van der Waals surface area contributed by atoms with Gasteiger partial charge in [-0.2, -0.15) is 0 Å². The molecular formula is C18H12ClN3O5S. The molecule has 0 saturated heterocycles. The van der Waals surface area contributed by atoms with Gasteiger partial charge in [-0.05, 0) is 41.6 Å². The summed E-state index contributed by atoms with van der Waals surface area (Å²) in [7, 11) is 1.25. The molecule has 0 unspecified atom stereocenters. The number of carbonyl (C=O) groups excluding carboxylic acids is 1. The number of nitro groups is 1. The monoisotopic (exact) mass is 417 g/mol. The van der Waals surface area contributed by atoms with E-state index in [1.54, 1.807) is 36.4 Å². The predicted molar refractivity (Wildman–Crippen MR) is 103 cm³/mol. The van der Waals surface area contributed by atoms with Crippen molar-refractivity contribution in [2.45, 2.75) is 10.1 Å². The first-order chi connectivity index (χ1) is 13.5. The number of esters is 1. The fourth-order valence-corrected chi connectivity index (χ4v) is 3.17. The van der Waals surface area contributed by atoms with Gasteiger partial charge in [-0.25, -0.2) is 4.79 Å². The van der Waals surface area contributed by atoms with Gasteiger partial charge in [-0.3, -0.25) is 10.1 Å². The van der Waals surface area contributed by atoms with Gasteiger partial charge >= 0.3 is 5.97 Å². The van der Waals surface area contributed by atoms with Crippen LogP contribution < -0.4 is 0 Å². The Hall–Kier alpha value is -3.17. The number of aromatic nitrogens is 2. The summed E-state index contributed by atoms with van der Waals surface area (Å²) in [5.74, 6) is -0.340. The van der Waals surface area contributed by atoms with Crippen LogP contribution in [-0.2, 0) is 9.53 Å². The van der Waals surface area contributed by atoms with Crippen LogP contribution in [0.1, 0.15) is 5.56 Å². The van der Waals surface area contributed by atoms with Crippen molar-refractivity contribution in [1.29, 1.82) is 0 Å². The number of benzene rings is 2. The van der Waals surface area contributed by atoms with E-state index in [1.807, 2.05) is 0 Å². The number of nitro benzene ring substituents is 1. The van der Waals surface area contributed by atoms with E-state index in [4.69, 9.17) is 16.0 Å². The molecule has 28 heavy (non-hydrogen) atoms. The number of hydrogen-bond donors (Lipinski definition) is 0. The van der Waals surface area contributed by atoms with Crippen molar-refractivity contribution in [3.8, 4) is 11.5 Å². The Balaban J connectivity index is 1.86. The number of methoxy groups -OCH3 is 1. The van der Waals surface area contributed by atoms with Crippen LogP contribution in [0.5, 0.6) is 0 Å². The molecule has 0 spiro atoms. The maximum absolute atomic E-state index is 11.4. The zero-order valence-corrected chi connectivity index (χ0v) is 15.9. The molecule has 0 aliphatic rings. The highest BCUT2D eigenvalue weighted by Crippen LogP contribution is 2.36. The van der Waals surface area contributed by atoms with Gasteiger partial charge in [-0.1, -0.05) is 29.8 Å².